The Morgan fingerprint density at radius 2 is 1.89 bits per heavy atom. The minimum atomic E-state index is -1.06. The molecule has 0 amide bonds. The van der Waals surface area contributed by atoms with Gasteiger partial charge in [0, 0.05) is 6.08 Å². The van der Waals surface area contributed by atoms with E-state index in [-0.39, 0.29) is 5.75 Å². The van der Waals surface area contributed by atoms with Crippen LogP contribution in [0.2, 0.25) is 0 Å². The Labute approximate surface area is 109 Å². The molecule has 0 fully saturated rings. The molecule has 2 aromatic rings. The standard InChI is InChI=1S/C15H11FO3/c16-13-8-6-11(7-9-15(17)18)10-14(13)19-12-4-2-1-3-5-12/h1-10H,(H,17,18)/b9-7+. The second-order valence-corrected chi connectivity index (χ2v) is 3.78. The van der Waals surface area contributed by atoms with E-state index in [4.69, 9.17) is 9.84 Å². The number of aliphatic carboxylic acids is 1. The predicted octanol–water partition coefficient (Wildman–Crippen LogP) is 3.72. The molecule has 0 saturated heterocycles. The number of halogens is 1. The summed E-state index contributed by atoms with van der Waals surface area (Å²) in [6.07, 6.45) is 2.36. The third kappa shape index (κ3) is 3.67. The molecule has 4 heteroatoms. The normalized spacial score (nSPS) is 10.6. The topological polar surface area (TPSA) is 46.5 Å². The van der Waals surface area contributed by atoms with Gasteiger partial charge in [0.2, 0.25) is 0 Å². The van der Waals surface area contributed by atoms with Crippen LogP contribution in [0.1, 0.15) is 5.56 Å². The Hall–Kier alpha value is -2.62. The fourth-order valence-electron chi connectivity index (χ4n) is 1.48. The van der Waals surface area contributed by atoms with E-state index in [0.717, 1.165) is 6.08 Å². The number of carboxylic acids is 1. The number of ether oxygens (including phenoxy) is 1. The van der Waals surface area contributed by atoms with Crippen LogP contribution < -0.4 is 4.74 Å². The maximum atomic E-state index is 13.6. The Bertz CT molecular complexity index is 606. The first kappa shape index (κ1) is 12.8. The van der Waals surface area contributed by atoms with Crippen LogP contribution >= 0.6 is 0 Å². The smallest absolute Gasteiger partial charge is 0.328 e. The van der Waals surface area contributed by atoms with Gasteiger partial charge in [-0.1, -0.05) is 24.3 Å². The summed E-state index contributed by atoms with van der Waals surface area (Å²) < 4.78 is 19.0. The zero-order valence-electron chi connectivity index (χ0n) is 9.92. The van der Waals surface area contributed by atoms with Crippen LogP contribution in [0.25, 0.3) is 6.08 Å². The summed E-state index contributed by atoms with van der Waals surface area (Å²) in [6.45, 7) is 0. The summed E-state index contributed by atoms with van der Waals surface area (Å²) in [4.78, 5) is 10.4. The lowest BCUT2D eigenvalue weighted by Crippen LogP contribution is -1.90. The van der Waals surface area contributed by atoms with E-state index in [2.05, 4.69) is 0 Å². The van der Waals surface area contributed by atoms with Gasteiger partial charge in [-0.3, -0.25) is 0 Å². The average Bonchev–Trinajstić information content (AvgIpc) is 2.41. The molecule has 0 aromatic heterocycles. The molecule has 19 heavy (non-hydrogen) atoms. The lowest BCUT2D eigenvalue weighted by atomic mass is 10.2. The van der Waals surface area contributed by atoms with Crippen molar-refractivity contribution in [3.8, 4) is 11.5 Å². The van der Waals surface area contributed by atoms with E-state index in [1.807, 2.05) is 6.07 Å². The first-order chi connectivity index (χ1) is 9.15. The van der Waals surface area contributed by atoms with E-state index in [0.29, 0.717) is 11.3 Å². The second kappa shape index (κ2) is 5.82. The highest BCUT2D eigenvalue weighted by molar-refractivity contribution is 5.85. The quantitative estimate of drug-likeness (QED) is 0.850. The van der Waals surface area contributed by atoms with Crippen molar-refractivity contribution in [2.24, 2.45) is 0 Å². The highest BCUT2D eigenvalue weighted by Crippen LogP contribution is 2.25. The number of carboxylic acid groups (broad SMARTS) is 1. The van der Waals surface area contributed by atoms with Gasteiger partial charge in [0.25, 0.3) is 0 Å². The molecular formula is C15H11FO3. The molecule has 0 unspecified atom stereocenters. The highest BCUT2D eigenvalue weighted by atomic mass is 19.1. The number of carbonyl (C=O) groups is 1. The molecule has 2 aromatic carbocycles. The molecule has 0 spiro atoms. The molecule has 0 aliphatic rings. The zero-order chi connectivity index (χ0) is 13.7. The fourth-order valence-corrected chi connectivity index (χ4v) is 1.48. The van der Waals surface area contributed by atoms with Gasteiger partial charge in [0.05, 0.1) is 0 Å². The van der Waals surface area contributed by atoms with Crippen LogP contribution in [0.4, 0.5) is 4.39 Å². The Kier molecular flexibility index (Phi) is 3.93. The molecule has 3 nitrogen and oxygen atoms in total. The van der Waals surface area contributed by atoms with Crippen molar-refractivity contribution < 1.29 is 19.0 Å². The van der Waals surface area contributed by atoms with Gasteiger partial charge < -0.3 is 9.84 Å². The number of benzene rings is 2. The Balaban J connectivity index is 2.25. The summed E-state index contributed by atoms with van der Waals surface area (Å²) in [5, 5.41) is 8.54. The van der Waals surface area contributed by atoms with Gasteiger partial charge in [0.1, 0.15) is 5.75 Å². The summed E-state index contributed by atoms with van der Waals surface area (Å²) in [7, 11) is 0. The van der Waals surface area contributed by atoms with Crippen LogP contribution in [-0.2, 0) is 4.79 Å². The lowest BCUT2D eigenvalue weighted by molar-refractivity contribution is -0.131. The first-order valence-corrected chi connectivity index (χ1v) is 5.58. The monoisotopic (exact) mass is 258 g/mol. The summed E-state index contributed by atoms with van der Waals surface area (Å²) in [6, 6.07) is 13.0. The minimum absolute atomic E-state index is 0.0544. The van der Waals surface area contributed by atoms with Crippen molar-refractivity contribution in [3.63, 3.8) is 0 Å². The van der Waals surface area contributed by atoms with Crippen molar-refractivity contribution in [1.29, 1.82) is 0 Å². The number of rotatable bonds is 4. The van der Waals surface area contributed by atoms with Gasteiger partial charge in [-0.05, 0) is 35.9 Å². The molecule has 96 valence electrons. The van der Waals surface area contributed by atoms with Crippen LogP contribution in [0.5, 0.6) is 11.5 Å². The van der Waals surface area contributed by atoms with Gasteiger partial charge in [0.15, 0.2) is 11.6 Å². The SMILES string of the molecule is O=C(O)/C=C/c1ccc(F)c(Oc2ccccc2)c1. The largest absolute Gasteiger partial charge is 0.478 e. The average molecular weight is 258 g/mol. The zero-order valence-corrected chi connectivity index (χ0v) is 9.92. The molecular weight excluding hydrogens is 247 g/mol. The molecule has 0 radical (unpaired) electrons. The van der Waals surface area contributed by atoms with Gasteiger partial charge in [-0.15, -0.1) is 0 Å². The molecule has 0 atom stereocenters. The molecule has 0 saturated carbocycles. The van der Waals surface area contributed by atoms with Crippen LogP contribution in [0.3, 0.4) is 0 Å². The maximum Gasteiger partial charge on any atom is 0.328 e. The molecule has 0 aliphatic heterocycles. The van der Waals surface area contributed by atoms with Crippen molar-refractivity contribution >= 4 is 12.0 Å². The molecule has 2 rings (SSSR count). The molecule has 0 heterocycles. The number of hydrogen-bond donors (Lipinski definition) is 1. The van der Waals surface area contributed by atoms with Crippen molar-refractivity contribution in [3.05, 3.63) is 66.0 Å². The second-order valence-electron chi connectivity index (χ2n) is 3.78. The lowest BCUT2D eigenvalue weighted by Gasteiger charge is -2.07. The molecule has 0 aliphatic carbocycles. The Morgan fingerprint density at radius 3 is 2.58 bits per heavy atom. The van der Waals surface area contributed by atoms with Gasteiger partial charge in [-0.25, -0.2) is 9.18 Å². The third-order valence-electron chi connectivity index (χ3n) is 2.34. The van der Waals surface area contributed by atoms with E-state index < -0.39 is 11.8 Å². The summed E-state index contributed by atoms with van der Waals surface area (Å²) in [5.74, 6) is -0.995. The van der Waals surface area contributed by atoms with Crippen molar-refractivity contribution in [2.75, 3.05) is 0 Å². The van der Waals surface area contributed by atoms with E-state index in [9.17, 15) is 9.18 Å². The highest BCUT2D eigenvalue weighted by Gasteiger charge is 2.05. The molecule has 1 N–H and O–H groups in total. The molecule has 0 bridgehead atoms. The van der Waals surface area contributed by atoms with Crippen molar-refractivity contribution in [1.82, 2.24) is 0 Å². The van der Waals surface area contributed by atoms with Gasteiger partial charge >= 0.3 is 5.97 Å². The van der Waals surface area contributed by atoms with E-state index >= 15 is 0 Å². The van der Waals surface area contributed by atoms with E-state index in [1.165, 1.54) is 24.3 Å². The minimum Gasteiger partial charge on any atom is -0.478 e. The fraction of sp³-hybridized carbons (Fsp3) is 0. The third-order valence-corrected chi connectivity index (χ3v) is 2.34. The van der Waals surface area contributed by atoms with Crippen LogP contribution in [-0.4, -0.2) is 11.1 Å². The van der Waals surface area contributed by atoms with Gasteiger partial charge in [-0.2, -0.15) is 0 Å². The van der Waals surface area contributed by atoms with Crippen LogP contribution in [0, 0.1) is 5.82 Å². The number of para-hydroxylation sites is 1. The van der Waals surface area contributed by atoms with Crippen LogP contribution in [0.15, 0.2) is 54.6 Å². The predicted molar refractivity (Wildman–Crippen MR) is 69.6 cm³/mol. The number of hydrogen-bond acceptors (Lipinski definition) is 2. The maximum absolute atomic E-state index is 13.6. The first-order valence-electron chi connectivity index (χ1n) is 5.58. The summed E-state index contributed by atoms with van der Waals surface area (Å²) in [5.41, 5.74) is 0.551. The van der Waals surface area contributed by atoms with Crippen molar-refractivity contribution in [2.45, 2.75) is 0 Å². The Morgan fingerprint density at radius 1 is 1.16 bits per heavy atom. The summed E-state index contributed by atoms with van der Waals surface area (Å²) >= 11 is 0. The van der Waals surface area contributed by atoms with E-state index in [1.54, 1.807) is 24.3 Å².